The highest BCUT2D eigenvalue weighted by molar-refractivity contribution is 5.77. The molecule has 0 bridgehead atoms. The number of pyridine rings is 1. The highest BCUT2D eigenvalue weighted by Crippen LogP contribution is 2.61. The summed E-state index contributed by atoms with van der Waals surface area (Å²) >= 11 is 0. The summed E-state index contributed by atoms with van der Waals surface area (Å²) in [6.07, 6.45) is 9.68. The minimum Gasteiger partial charge on any atom is -0.447 e. The molecule has 1 N–H and O–H groups in total. The zero-order valence-corrected chi connectivity index (χ0v) is 15.7. The maximum absolute atomic E-state index is 12.3. The van der Waals surface area contributed by atoms with Crippen LogP contribution < -0.4 is 5.32 Å². The number of cyclic esters (lactones) is 1. The second-order valence-corrected chi connectivity index (χ2v) is 8.95. The Labute approximate surface area is 159 Å². The molecule has 2 aliphatic heterocycles. The standard InChI is InChI=1S/C21H27N3O3/c25-19(5-3-17-13-27-20(26)23-17)24-11-16(12-24)14-2-4-18(22-10-14)15-8-21(9-15)6-1-7-21/h2,4,10,15-17H,1,3,5-9,11-13H2,(H,23,26). The fraction of sp³-hybridized carbons (Fsp3) is 0.667. The summed E-state index contributed by atoms with van der Waals surface area (Å²) in [6, 6.07) is 4.39. The first-order valence-corrected chi connectivity index (χ1v) is 10.3. The van der Waals surface area contributed by atoms with Crippen LogP contribution in [0.4, 0.5) is 4.79 Å². The van der Waals surface area contributed by atoms with Crippen LogP contribution in [-0.2, 0) is 9.53 Å². The molecule has 144 valence electrons. The molecule has 1 aromatic heterocycles. The molecule has 1 aromatic rings. The van der Waals surface area contributed by atoms with E-state index >= 15 is 0 Å². The number of likely N-dealkylation sites (tertiary alicyclic amines) is 1. The van der Waals surface area contributed by atoms with Crippen molar-refractivity contribution in [1.82, 2.24) is 15.2 Å². The summed E-state index contributed by atoms with van der Waals surface area (Å²) in [4.78, 5) is 29.9. The van der Waals surface area contributed by atoms with Crippen molar-refractivity contribution < 1.29 is 14.3 Å². The predicted octanol–water partition coefficient (Wildman–Crippen LogP) is 2.94. The molecule has 5 rings (SSSR count). The van der Waals surface area contributed by atoms with Gasteiger partial charge in [0.1, 0.15) is 6.61 Å². The zero-order chi connectivity index (χ0) is 18.4. The highest BCUT2D eigenvalue weighted by Gasteiger charge is 2.48. The van der Waals surface area contributed by atoms with Gasteiger partial charge in [-0.05, 0) is 49.1 Å². The third kappa shape index (κ3) is 3.19. The van der Waals surface area contributed by atoms with Gasteiger partial charge in [0.25, 0.3) is 0 Å². The molecule has 6 nitrogen and oxygen atoms in total. The van der Waals surface area contributed by atoms with Gasteiger partial charge < -0.3 is 15.0 Å². The topological polar surface area (TPSA) is 71.5 Å². The minimum atomic E-state index is -0.378. The van der Waals surface area contributed by atoms with E-state index in [1.807, 2.05) is 11.1 Å². The van der Waals surface area contributed by atoms with Crippen molar-refractivity contribution in [2.75, 3.05) is 19.7 Å². The van der Waals surface area contributed by atoms with Gasteiger partial charge in [0.2, 0.25) is 5.91 Å². The number of carbonyl (C=O) groups is 2. The molecule has 0 radical (unpaired) electrons. The van der Waals surface area contributed by atoms with Crippen LogP contribution >= 0.6 is 0 Å². The first-order valence-electron chi connectivity index (χ1n) is 10.3. The van der Waals surface area contributed by atoms with Crippen molar-refractivity contribution in [3.8, 4) is 0 Å². The van der Waals surface area contributed by atoms with E-state index in [1.165, 1.54) is 43.4 Å². The number of amides is 2. The lowest BCUT2D eigenvalue weighted by Gasteiger charge is -2.54. The van der Waals surface area contributed by atoms with Crippen molar-refractivity contribution in [3.05, 3.63) is 29.6 Å². The number of rotatable bonds is 5. The normalized spacial score (nSPS) is 26.7. The second-order valence-electron chi connectivity index (χ2n) is 8.95. The SMILES string of the molecule is O=C1NC(CCC(=O)N2CC(c3ccc(C4CC5(CCC5)C4)nc3)C2)CO1. The van der Waals surface area contributed by atoms with Crippen LogP contribution in [0.15, 0.2) is 18.3 Å². The summed E-state index contributed by atoms with van der Waals surface area (Å²) < 4.78 is 4.85. The Hall–Kier alpha value is -2.11. The van der Waals surface area contributed by atoms with Gasteiger partial charge in [-0.1, -0.05) is 12.5 Å². The Morgan fingerprint density at radius 2 is 2.07 bits per heavy atom. The quantitative estimate of drug-likeness (QED) is 0.866. The van der Waals surface area contributed by atoms with E-state index in [0.717, 1.165) is 13.1 Å². The van der Waals surface area contributed by atoms with Crippen molar-refractivity contribution in [3.63, 3.8) is 0 Å². The number of hydrogen-bond acceptors (Lipinski definition) is 4. The minimum absolute atomic E-state index is 0.0270. The average Bonchev–Trinajstić information content (AvgIpc) is 2.96. The molecule has 0 aromatic carbocycles. The Morgan fingerprint density at radius 1 is 1.26 bits per heavy atom. The number of carbonyl (C=O) groups excluding carboxylic acids is 2. The zero-order valence-electron chi connectivity index (χ0n) is 15.7. The van der Waals surface area contributed by atoms with Crippen LogP contribution in [0.1, 0.15) is 68.0 Å². The van der Waals surface area contributed by atoms with E-state index in [4.69, 9.17) is 9.72 Å². The molecule has 2 amide bonds. The van der Waals surface area contributed by atoms with Gasteiger partial charge in [0.05, 0.1) is 6.04 Å². The second kappa shape index (κ2) is 6.50. The first-order chi connectivity index (χ1) is 13.1. The van der Waals surface area contributed by atoms with Gasteiger partial charge in [-0.2, -0.15) is 0 Å². The Bertz CT molecular complexity index is 730. The summed E-state index contributed by atoms with van der Waals surface area (Å²) in [5, 5.41) is 2.71. The van der Waals surface area contributed by atoms with Crippen LogP contribution in [0, 0.1) is 5.41 Å². The molecule has 1 unspecified atom stereocenters. The van der Waals surface area contributed by atoms with Crippen molar-refractivity contribution in [2.24, 2.45) is 5.41 Å². The van der Waals surface area contributed by atoms with E-state index in [1.54, 1.807) is 0 Å². The number of ether oxygens (including phenoxy) is 1. The Morgan fingerprint density at radius 3 is 2.67 bits per heavy atom. The summed E-state index contributed by atoms with van der Waals surface area (Å²) in [6.45, 7) is 1.93. The van der Waals surface area contributed by atoms with E-state index in [-0.39, 0.29) is 18.0 Å². The molecule has 3 heterocycles. The van der Waals surface area contributed by atoms with Crippen LogP contribution in [0.2, 0.25) is 0 Å². The molecule has 2 saturated carbocycles. The summed E-state index contributed by atoms with van der Waals surface area (Å²) in [5.74, 6) is 1.24. The third-order valence-electron chi connectivity index (χ3n) is 7.15. The van der Waals surface area contributed by atoms with Crippen LogP contribution in [0.3, 0.4) is 0 Å². The van der Waals surface area contributed by atoms with E-state index in [0.29, 0.717) is 36.7 Å². The van der Waals surface area contributed by atoms with Gasteiger partial charge in [-0.25, -0.2) is 4.79 Å². The highest BCUT2D eigenvalue weighted by atomic mass is 16.6. The van der Waals surface area contributed by atoms with Gasteiger partial charge in [0.15, 0.2) is 0 Å². The van der Waals surface area contributed by atoms with Crippen molar-refractivity contribution in [2.45, 2.75) is 62.8 Å². The van der Waals surface area contributed by atoms with Crippen LogP contribution in [0.25, 0.3) is 0 Å². The molecule has 1 atom stereocenters. The lowest BCUT2D eigenvalue weighted by molar-refractivity contribution is -0.135. The lowest BCUT2D eigenvalue weighted by atomic mass is 9.51. The van der Waals surface area contributed by atoms with Gasteiger partial charge in [-0.15, -0.1) is 0 Å². The van der Waals surface area contributed by atoms with E-state index < -0.39 is 0 Å². The maximum Gasteiger partial charge on any atom is 0.407 e. The largest absolute Gasteiger partial charge is 0.447 e. The molecular weight excluding hydrogens is 342 g/mol. The molecule has 1 spiro atoms. The predicted molar refractivity (Wildman–Crippen MR) is 99.3 cm³/mol. The number of hydrogen-bond donors (Lipinski definition) is 1. The number of alkyl carbamates (subject to hydrolysis) is 1. The lowest BCUT2D eigenvalue weighted by Crippen LogP contribution is -2.48. The monoisotopic (exact) mass is 369 g/mol. The summed E-state index contributed by atoms with van der Waals surface area (Å²) in [5.41, 5.74) is 3.19. The average molecular weight is 369 g/mol. The van der Waals surface area contributed by atoms with Crippen molar-refractivity contribution >= 4 is 12.0 Å². The van der Waals surface area contributed by atoms with Gasteiger partial charge in [-0.3, -0.25) is 9.78 Å². The Balaban J connectivity index is 1.07. The molecule has 4 aliphatic rings. The Kier molecular flexibility index (Phi) is 4.10. The molecule has 27 heavy (non-hydrogen) atoms. The fourth-order valence-electron chi connectivity index (χ4n) is 5.11. The number of nitrogens with one attached hydrogen (secondary N) is 1. The molecule has 6 heteroatoms. The number of aromatic nitrogens is 1. The smallest absolute Gasteiger partial charge is 0.407 e. The molecular formula is C21H27N3O3. The molecule has 2 aliphatic carbocycles. The van der Waals surface area contributed by atoms with E-state index in [9.17, 15) is 9.59 Å². The number of nitrogens with zero attached hydrogens (tertiary/aromatic N) is 2. The fourth-order valence-corrected chi connectivity index (χ4v) is 5.11. The van der Waals surface area contributed by atoms with Crippen LogP contribution in [0.5, 0.6) is 0 Å². The molecule has 4 fully saturated rings. The summed E-state index contributed by atoms with van der Waals surface area (Å²) in [7, 11) is 0. The van der Waals surface area contributed by atoms with E-state index in [2.05, 4.69) is 17.4 Å². The van der Waals surface area contributed by atoms with Crippen LogP contribution in [-0.4, -0.2) is 47.6 Å². The first kappa shape index (κ1) is 17.0. The maximum atomic E-state index is 12.3. The molecule has 2 saturated heterocycles. The van der Waals surface area contributed by atoms with Gasteiger partial charge >= 0.3 is 6.09 Å². The van der Waals surface area contributed by atoms with Crippen molar-refractivity contribution in [1.29, 1.82) is 0 Å². The third-order valence-corrected chi connectivity index (χ3v) is 7.15. The van der Waals surface area contributed by atoms with Gasteiger partial charge in [0, 0.05) is 43.2 Å².